The zero-order valence-corrected chi connectivity index (χ0v) is 17.6. The summed E-state index contributed by atoms with van der Waals surface area (Å²) in [5.41, 5.74) is 0.813. The summed E-state index contributed by atoms with van der Waals surface area (Å²) in [4.78, 5) is 12.7. The van der Waals surface area contributed by atoms with Crippen LogP contribution in [0.4, 0.5) is 0 Å². The minimum Gasteiger partial charge on any atom is -0.299 e. The Kier molecular flexibility index (Phi) is 4.06. The number of ketones is 1. The molecule has 2 aliphatic carbocycles. The van der Waals surface area contributed by atoms with Crippen molar-refractivity contribution in [1.82, 2.24) is 19.3 Å². The predicted octanol–water partition coefficient (Wildman–Crippen LogP) is 2.53. The average molecular weight is 415 g/mol. The van der Waals surface area contributed by atoms with E-state index < -0.39 is 15.4 Å². The van der Waals surface area contributed by atoms with Crippen LogP contribution < -0.4 is 0 Å². The summed E-state index contributed by atoms with van der Waals surface area (Å²) in [7, 11) is -3.49. The van der Waals surface area contributed by atoms with Crippen molar-refractivity contribution < 1.29 is 13.2 Å². The van der Waals surface area contributed by atoms with E-state index in [9.17, 15) is 13.2 Å². The van der Waals surface area contributed by atoms with E-state index in [0.29, 0.717) is 31.8 Å². The first kappa shape index (κ1) is 18.9. The van der Waals surface area contributed by atoms with Crippen LogP contribution in [0.25, 0.3) is 11.3 Å². The monoisotopic (exact) mass is 414 g/mol. The molecule has 1 saturated heterocycles. The molecule has 8 heteroatoms. The Balaban J connectivity index is 1.29. The van der Waals surface area contributed by atoms with Crippen LogP contribution in [0, 0.1) is 16.7 Å². The Morgan fingerprint density at radius 3 is 2.52 bits per heavy atom. The van der Waals surface area contributed by atoms with Gasteiger partial charge < -0.3 is 0 Å². The largest absolute Gasteiger partial charge is 0.299 e. The molecule has 2 bridgehead atoms. The maximum absolute atomic E-state index is 13.1. The first-order chi connectivity index (χ1) is 13.7. The van der Waals surface area contributed by atoms with Crippen LogP contribution >= 0.6 is 0 Å². The highest BCUT2D eigenvalue weighted by Gasteiger charge is 2.65. The van der Waals surface area contributed by atoms with E-state index in [0.717, 1.165) is 17.7 Å². The lowest BCUT2D eigenvalue weighted by atomic mass is 9.70. The number of fused-ring (bicyclic) bond motifs is 2. The van der Waals surface area contributed by atoms with E-state index in [1.165, 1.54) is 4.31 Å². The Labute approximate surface area is 171 Å². The van der Waals surface area contributed by atoms with Crippen molar-refractivity contribution in [1.29, 1.82) is 0 Å². The van der Waals surface area contributed by atoms with Crippen molar-refractivity contribution in [2.45, 2.75) is 39.2 Å². The van der Waals surface area contributed by atoms with E-state index in [4.69, 9.17) is 0 Å². The molecule has 3 fully saturated rings. The molecular weight excluding hydrogens is 388 g/mol. The van der Waals surface area contributed by atoms with Crippen LogP contribution in [0.2, 0.25) is 0 Å². The molecule has 3 aliphatic rings. The molecule has 2 unspecified atom stereocenters. The molecule has 1 aromatic heterocycles. The van der Waals surface area contributed by atoms with Gasteiger partial charge in [-0.15, -0.1) is 5.10 Å². The molecule has 1 aromatic carbocycles. The number of carbonyl (C=O) groups excluding carboxylic acids is 1. The second kappa shape index (κ2) is 6.22. The van der Waals surface area contributed by atoms with E-state index in [-0.39, 0.29) is 23.0 Å². The third-order valence-electron chi connectivity index (χ3n) is 7.74. The van der Waals surface area contributed by atoms with Gasteiger partial charge in [0.25, 0.3) is 0 Å². The van der Waals surface area contributed by atoms with Crippen molar-refractivity contribution in [3.8, 4) is 11.3 Å². The number of aromatic nitrogens is 3. The zero-order chi connectivity index (χ0) is 20.4. The molecule has 2 saturated carbocycles. The molecule has 1 aliphatic heterocycles. The van der Waals surface area contributed by atoms with Gasteiger partial charge in [0, 0.05) is 30.5 Å². The van der Waals surface area contributed by atoms with Crippen LogP contribution in [0.15, 0.2) is 36.5 Å². The highest BCUT2D eigenvalue weighted by atomic mass is 32.2. The number of Topliss-reactive ketones (excluding diaryl/α,β-unsaturated/α-hetero) is 1. The van der Waals surface area contributed by atoms with E-state index in [2.05, 4.69) is 24.2 Å². The zero-order valence-electron chi connectivity index (χ0n) is 16.8. The normalized spacial score (nSPS) is 29.3. The standard InChI is InChI=1S/C21H26N4O3S/c1-20(2)16-8-9-21(20,19(26)10-16)14-29(27,28)24-11-17(12-24)25-13-18(22-23-25)15-6-4-3-5-7-15/h3-7,13,16-17H,8-12,14H2,1-2H3. The van der Waals surface area contributed by atoms with E-state index in [1.54, 1.807) is 4.68 Å². The number of hydrogen-bond donors (Lipinski definition) is 0. The molecule has 0 N–H and O–H groups in total. The summed E-state index contributed by atoms with van der Waals surface area (Å²) >= 11 is 0. The quantitative estimate of drug-likeness (QED) is 0.751. The molecule has 0 radical (unpaired) electrons. The Hall–Kier alpha value is -2.06. The predicted molar refractivity (Wildman–Crippen MR) is 108 cm³/mol. The Bertz CT molecular complexity index is 1060. The van der Waals surface area contributed by atoms with Gasteiger partial charge in [0.2, 0.25) is 10.0 Å². The topological polar surface area (TPSA) is 85.2 Å². The maximum atomic E-state index is 13.1. The summed E-state index contributed by atoms with van der Waals surface area (Å²) in [6.07, 6.45) is 4.06. The second-order valence-corrected chi connectivity index (χ2v) is 11.3. The Morgan fingerprint density at radius 1 is 1.17 bits per heavy atom. The average Bonchev–Trinajstić information content (AvgIpc) is 3.24. The van der Waals surface area contributed by atoms with Crippen LogP contribution in [-0.2, 0) is 14.8 Å². The van der Waals surface area contributed by atoms with Gasteiger partial charge in [-0.25, -0.2) is 13.1 Å². The van der Waals surface area contributed by atoms with E-state index >= 15 is 0 Å². The number of hydrogen-bond acceptors (Lipinski definition) is 5. The highest BCUT2D eigenvalue weighted by molar-refractivity contribution is 7.89. The van der Waals surface area contributed by atoms with Crippen LogP contribution in [-0.4, -0.2) is 52.3 Å². The summed E-state index contributed by atoms with van der Waals surface area (Å²) in [5.74, 6) is 0.408. The van der Waals surface area contributed by atoms with Gasteiger partial charge in [0.15, 0.2) is 0 Å². The lowest BCUT2D eigenvalue weighted by Crippen LogP contribution is -2.54. The molecule has 0 amide bonds. The minimum atomic E-state index is -3.49. The number of benzene rings is 1. The summed E-state index contributed by atoms with van der Waals surface area (Å²) < 4.78 is 29.5. The van der Waals surface area contributed by atoms with Crippen molar-refractivity contribution >= 4 is 15.8 Å². The minimum absolute atomic E-state index is 0.0177. The molecule has 7 nitrogen and oxygen atoms in total. The van der Waals surface area contributed by atoms with Gasteiger partial charge in [-0.1, -0.05) is 49.4 Å². The van der Waals surface area contributed by atoms with Gasteiger partial charge in [-0.2, -0.15) is 4.31 Å². The van der Waals surface area contributed by atoms with Gasteiger partial charge in [0.1, 0.15) is 11.5 Å². The molecule has 0 spiro atoms. The fourth-order valence-corrected chi connectivity index (χ4v) is 7.80. The SMILES string of the molecule is CC1(C)C2CCC1(CS(=O)(=O)N1CC(n3cc(-c4ccccc4)nn3)C1)C(=O)C2. The summed E-state index contributed by atoms with van der Waals surface area (Å²) in [5, 5.41) is 8.42. The van der Waals surface area contributed by atoms with Crippen LogP contribution in [0.1, 0.15) is 39.2 Å². The molecule has 2 atom stereocenters. The van der Waals surface area contributed by atoms with Crippen molar-refractivity contribution in [3.05, 3.63) is 36.5 Å². The third kappa shape index (κ3) is 2.72. The third-order valence-corrected chi connectivity index (χ3v) is 9.69. The Morgan fingerprint density at radius 2 is 1.90 bits per heavy atom. The number of carbonyl (C=O) groups is 1. The lowest BCUT2D eigenvalue weighted by Gasteiger charge is -2.42. The van der Waals surface area contributed by atoms with Crippen LogP contribution in [0.3, 0.4) is 0 Å². The van der Waals surface area contributed by atoms with Gasteiger partial charge in [-0.05, 0) is 24.2 Å². The molecule has 2 heterocycles. The van der Waals surface area contributed by atoms with Crippen LogP contribution in [0.5, 0.6) is 0 Å². The van der Waals surface area contributed by atoms with Crippen molar-refractivity contribution in [2.75, 3.05) is 18.8 Å². The molecule has 2 aromatic rings. The lowest BCUT2D eigenvalue weighted by molar-refractivity contribution is -0.128. The number of nitrogens with zero attached hydrogens (tertiary/aromatic N) is 4. The smallest absolute Gasteiger partial charge is 0.215 e. The summed E-state index contributed by atoms with van der Waals surface area (Å²) in [6, 6.07) is 9.78. The first-order valence-electron chi connectivity index (χ1n) is 10.2. The fraction of sp³-hybridized carbons (Fsp3) is 0.571. The maximum Gasteiger partial charge on any atom is 0.215 e. The van der Waals surface area contributed by atoms with E-state index in [1.807, 2.05) is 36.5 Å². The number of sulfonamides is 1. The molecule has 29 heavy (non-hydrogen) atoms. The second-order valence-electron chi connectivity index (χ2n) is 9.34. The summed E-state index contributed by atoms with van der Waals surface area (Å²) in [6.45, 7) is 4.91. The van der Waals surface area contributed by atoms with Gasteiger partial charge in [-0.3, -0.25) is 4.79 Å². The van der Waals surface area contributed by atoms with Gasteiger partial charge in [0.05, 0.1) is 18.0 Å². The first-order valence-corrected chi connectivity index (χ1v) is 11.8. The van der Waals surface area contributed by atoms with Gasteiger partial charge >= 0.3 is 0 Å². The highest BCUT2D eigenvalue weighted by Crippen LogP contribution is 2.64. The fourth-order valence-electron chi connectivity index (χ4n) is 5.52. The van der Waals surface area contributed by atoms with Crippen molar-refractivity contribution in [2.24, 2.45) is 16.7 Å². The molecule has 154 valence electrons. The number of rotatable bonds is 5. The molecular formula is C21H26N4O3S. The van der Waals surface area contributed by atoms with Crippen molar-refractivity contribution in [3.63, 3.8) is 0 Å². The molecule has 5 rings (SSSR count).